The highest BCUT2D eigenvalue weighted by Crippen LogP contribution is 2.35. The van der Waals surface area contributed by atoms with Crippen molar-refractivity contribution >= 4 is 45.3 Å². The lowest BCUT2D eigenvalue weighted by Gasteiger charge is -2.17. The Labute approximate surface area is 139 Å². The van der Waals surface area contributed by atoms with E-state index in [-0.39, 0.29) is 18.4 Å². The van der Waals surface area contributed by atoms with Crippen molar-refractivity contribution in [1.82, 2.24) is 0 Å². The number of nitrogens with two attached hydrogens (primary N) is 1. The highest BCUT2D eigenvalue weighted by molar-refractivity contribution is 7.10. The molecule has 0 saturated heterocycles. The van der Waals surface area contributed by atoms with E-state index in [4.69, 9.17) is 5.73 Å². The molecule has 4 aromatic rings. The van der Waals surface area contributed by atoms with Crippen molar-refractivity contribution in [3.8, 4) is 0 Å². The SMILES string of the molecule is Cl.N[C@H](c1cccs1)c1c2ccccc2cc2ccccc12. The van der Waals surface area contributed by atoms with Crippen molar-refractivity contribution in [1.29, 1.82) is 0 Å². The molecule has 0 bridgehead atoms. The molecule has 0 radical (unpaired) electrons. The van der Waals surface area contributed by atoms with Crippen molar-refractivity contribution in [2.45, 2.75) is 6.04 Å². The minimum atomic E-state index is -0.0824. The molecule has 0 saturated carbocycles. The molecular weight excluding hydrogens is 310 g/mol. The molecule has 1 aromatic heterocycles. The lowest BCUT2D eigenvalue weighted by molar-refractivity contribution is 0.913. The summed E-state index contributed by atoms with van der Waals surface area (Å²) in [6.07, 6.45) is 0. The molecule has 1 heterocycles. The van der Waals surface area contributed by atoms with Crippen LogP contribution in [-0.2, 0) is 0 Å². The summed E-state index contributed by atoms with van der Waals surface area (Å²) in [4.78, 5) is 1.21. The molecule has 3 heteroatoms. The van der Waals surface area contributed by atoms with Gasteiger partial charge in [-0.15, -0.1) is 23.7 Å². The van der Waals surface area contributed by atoms with Crippen LogP contribution in [0.4, 0.5) is 0 Å². The van der Waals surface area contributed by atoms with Gasteiger partial charge in [0.05, 0.1) is 6.04 Å². The van der Waals surface area contributed by atoms with Crippen LogP contribution < -0.4 is 5.73 Å². The molecule has 0 aliphatic carbocycles. The Bertz CT molecular complexity index is 861. The molecular formula is C19H16ClNS. The number of hydrogen-bond donors (Lipinski definition) is 1. The predicted molar refractivity (Wildman–Crippen MR) is 99.1 cm³/mol. The number of fused-ring (bicyclic) bond motifs is 2. The Kier molecular flexibility index (Phi) is 4.16. The average Bonchev–Trinajstić information content (AvgIpc) is 3.06. The van der Waals surface area contributed by atoms with Crippen LogP contribution in [-0.4, -0.2) is 0 Å². The largest absolute Gasteiger partial charge is 0.320 e. The maximum Gasteiger partial charge on any atom is 0.0658 e. The van der Waals surface area contributed by atoms with Gasteiger partial charge in [0.1, 0.15) is 0 Å². The van der Waals surface area contributed by atoms with Gasteiger partial charge in [-0.05, 0) is 44.6 Å². The molecule has 1 atom stereocenters. The van der Waals surface area contributed by atoms with E-state index in [1.54, 1.807) is 11.3 Å². The highest BCUT2D eigenvalue weighted by atomic mass is 35.5. The van der Waals surface area contributed by atoms with E-state index in [1.807, 2.05) is 0 Å². The molecule has 0 fully saturated rings. The standard InChI is InChI=1S/C19H15NS.ClH/c20-19(17-10-5-11-21-17)18-15-8-3-1-6-13(15)12-14-7-2-4-9-16(14)18;/h1-12,19H,20H2;1H/t19-;/m1./s1. The molecule has 0 aliphatic rings. The lowest BCUT2D eigenvalue weighted by atomic mass is 9.92. The summed E-state index contributed by atoms with van der Waals surface area (Å²) >= 11 is 1.72. The fourth-order valence-corrected chi connectivity index (χ4v) is 3.73. The maximum atomic E-state index is 6.60. The zero-order chi connectivity index (χ0) is 14.2. The molecule has 110 valence electrons. The number of hydrogen-bond acceptors (Lipinski definition) is 2. The fraction of sp³-hybridized carbons (Fsp3) is 0.0526. The van der Waals surface area contributed by atoms with Gasteiger partial charge in [0.25, 0.3) is 0 Å². The molecule has 0 spiro atoms. The van der Waals surface area contributed by atoms with Crippen LogP contribution in [0.5, 0.6) is 0 Å². The second-order valence-corrected chi connectivity index (χ2v) is 6.20. The van der Waals surface area contributed by atoms with Gasteiger partial charge >= 0.3 is 0 Å². The summed E-state index contributed by atoms with van der Waals surface area (Å²) in [5.41, 5.74) is 7.83. The fourth-order valence-electron chi connectivity index (χ4n) is 2.99. The van der Waals surface area contributed by atoms with Crippen LogP contribution in [0.1, 0.15) is 16.5 Å². The summed E-state index contributed by atoms with van der Waals surface area (Å²) < 4.78 is 0. The molecule has 3 aromatic carbocycles. The molecule has 0 unspecified atom stereocenters. The first-order valence-electron chi connectivity index (χ1n) is 7.04. The molecule has 1 nitrogen and oxygen atoms in total. The third-order valence-electron chi connectivity index (χ3n) is 3.97. The first kappa shape index (κ1) is 15.0. The van der Waals surface area contributed by atoms with Gasteiger partial charge in [0.15, 0.2) is 0 Å². The Hall–Kier alpha value is -1.87. The number of benzene rings is 3. The van der Waals surface area contributed by atoms with Crippen LogP contribution in [0.15, 0.2) is 72.1 Å². The van der Waals surface area contributed by atoms with E-state index in [0.717, 1.165) is 0 Å². The summed E-state index contributed by atoms with van der Waals surface area (Å²) in [6, 6.07) is 23.3. The van der Waals surface area contributed by atoms with Crippen molar-refractivity contribution in [3.05, 3.63) is 82.6 Å². The van der Waals surface area contributed by atoms with Crippen molar-refractivity contribution in [2.75, 3.05) is 0 Å². The van der Waals surface area contributed by atoms with Gasteiger partial charge in [0, 0.05) is 4.88 Å². The van der Waals surface area contributed by atoms with Gasteiger partial charge in [-0.2, -0.15) is 0 Å². The first-order valence-corrected chi connectivity index (χ1v) is 7.92. The smallest absolute Gasteiger partial charge is 0.0658 e. The van der Waals surface area contributed by atoms with E-state index in [2.05, 4.69) is 72.1 Å². The second-order valence-electron chi connectivity index (χ2n) is 5.23. The van der Waals surface area contributed by atoms with E-state index < -0.39 is 0 Å². The van der Waals surface area contributed by atoms with Gasteiger partial charge in [-0.25, -0.2) is 0 Å². The van der Waals surface area contributed by atoms with Crippen LogP contribution in [0.25, 0.3) is 21.5 Å². The van der Waals surface area contributed by atoms with E-state index >= 15 is 0 Å². The van der Waals surface area contributed by atoms with Gasteiger partial charge < -0.3 is 5.73 Å². The summed E-state index contributed by atoms with van der Waals surface area (Å²) in [6.45, 7) is 0. The first-order chi connectivity index (χ1) is 10.3. The van der Waals surface area contributed by atoms with Gasteiger partial charge in [-0.1, -0.05) is 54.6 Å². The molecule has 0 amide bonds. The van der Waals surface area contributed by atoms with Crippen molar-refractivity contribution in [3.63, 3.8) is 0 Å². The average molecular weight is 326 g/mol. The van der Waals surface area contributed by atoms with Gasteiger partial charge in [-0.3, -0.25) is 0 Å². The van der Waals surface area contributed by atoms with Gasteiger partial charge in [0.2, 0.25) is 0 Å². The highest BCUT2D eigenvalue weighted by Gasteiger charge is 2.16. The molecule has 2 N–H and O–H groups in total. The van der Waals surface area contributed by atoms with Crippen LogP contribution in [0, 0.1) is 0 Å². The van der Waals surface area contributed by atoms with Crippen molar-refractivity contribution < 1.29 is 0 Å². The minimum Gasteiger partial charge on any atom is -0.320 e. The quantitative estimate of drug-likeness (QED) is 0.482. The topological polar surface area (TPSA) is 26.0 Å². The summed E-state index contributed by atoms with van der Waals surface area (Å²) in [7, 11) is 0. The zero-order valence-corrected chi connectivity index (χ0v) is 13.5. The Morgan fingerprint density at radius 1 is 0.773 bits per heavy atom. The normalized spacial score (nSPS) is 12.2. The molecule has 22 heavy (non-hydrogen) atoms. The zero-order valence-electron chi connectivity index (χ0n) is 11.9. The van der Waals surface area contributed by atoms with E-state index in [9.17, 15) is 0 Å². The number of halogens is 1. The third-order valence-corrected chi connectivity index (χ3v) is 4.93. The van der Waals surface area contributed by atoms with Crippen LogP contribution >= 0.6 is 23.7 Å². The number of rotatable bonds is 2. The predicted octanol–water partition coefficient (Wildman–Crippen LogP) is 5.52. The van der Waals surface area contributed by atoms with Crippen molar-refractivity contribution in [2.24, 2.45) is 5.73 Å². The Morgan fingerprint density at radius 3 is 1.91 bits per heavy atom. The van der Waals surface area contributed by atoms with E-state index in [1.165, 1.54) is 32.0 Å². The second kappa shape index (κ2) is 6.09. The van der Waals surface area contributed by atoms with Crippen LogP contribution in [0.3, 0.4) is 0 Å². The maximum absolute atomic E-state index is 6.60. The Balaban J connectivity index is 0.00000144. The summed E-state index contributed by atoms with van der Waals surface area (Å²) in [5, 5.41) is 7.08. The molecule has 0 aliphatic heterocycles. The summed E-state index contributed by atoms with van der Waals surface area (Å²) in [5.74, 6) is 0. The third kappa shape index (κ3) is 2.40. The van der Waals surface area contributed by atoms with E-state index in [0.29, 0.717) is 0 Å². The monoisotopic (exact) mass is 325 g/mol. The molecule has 4 rings (SSSR count). The Morgan fingerprint density at radius 2 is 1.36 bits per heavy atom. The van der Waals surface area contributed by atoms with Crippen LogP contribution in [0.2, 0.25) is 0 Å². The minimum absolute atomic E-state index is 0. The lowest BCUT2D eigenvalue weighted by Crippen LogP contribution is -2.11. The number of thiophene rings is 1.